The lowest BCUT2D eigenvalue weighted by Crippen LogP contribution is -2.50. The van der Waals surface area contributed by atoms with Crippen molar-refractivity contribution in [1.82, 2.24) is 19.8 Å². The molecular weight excluding hydrogens is 721 g/mol. The number of aromatic nitrogens is 2. The zero-order chi connectivity index (χ0) is 38.7. The SMILES string of the molecule is CCOC(=O)N1CCN(C(=O)c2cc(NS(=O)(=O)c3ccc(C(C)C)cn3)c(Oc3ccccc3OC)c(OCCOC(=O)Nc3ccccn3)c2)CC1. The summed E-state index contributed by atoms with van der Waals surface area (Å²) in [5, 5.41) is 2.24. The minimum atomic E-state index is -4.35. The van der Waals surface area contributed by atoms with Crippen molar-refractivity contribution in [2.24, 2.45) is 0 Å². The molecule has 0 bridgehead atoms. The molecule has 1 aliphatic heterocycles. The summed E-state index contributed by atoms with van der Waals surface area (Å²) in [5.74, 6) is 0.334. The molecule has 54 heavy (non-hydrogen) atoms. The lowest BCUT2D eigenvalue weighted by Gasteiger charge is -2.34. The van der Waals surface area contributed by atoms with Crippen LogP contribution in [0.1, 0.15) is 42.6 Å². The number of sulfonamides is 1. The number of para-hydroxylation sites is 2. The highest BCUT2D eigenvalue weighted by atomic mass is 32.2. The first-order chi connectivity index (χ1) is 26.0. The molecule has 2 aromatic heterocycles. The number of hydrogen-bond acceptors (Lipinski definition) is 12. The normalized spacial score (nSPS) is 12.8. The quantitative estimate of drug-likeness (QED) is 0.149. The highest BCUT2D eigenvalue weighted by Gasteiger charge is 2.29. The van der Waals surface area contributed by atoms with Gasteiger partial charge in [0.2, 0.25) is 0 Å². The maximum atomic E-state index is 14.0. The van der Waals surface area contributed by atoms with E-state index in [0.29, 0.717) is 5.75 Å². The van der Waals surface area contributed by atoms with Crippen LogP contribution in [0.3, 0.4) is 0 Å². The number of rotatable bonds is 14. The molecule has 16 nitrogen and oxygen atoms in total. The van der Waals surface area contributed by atoms with E-state index in [1.54, 1.807) is 55.5 Å². The molecule has 0 spiro atoms. The first kappa shape index (κ1) is 39.1. The molecule has 2 N–H and O–H groups in total. The Kier molecular flexibility index (Phi) is 13.1. The van der Waals surface area contributed by atoms with Crippen molar-refractivity contribution in [3.8, 4) is 23.0 Å². The zero-order valence-corrected chi connectivity index (χ0v) is 31.1. The number of benzene rings is 2. The molecule has 286 valence electrons. The van der Waals surface area contributed by atoms with Gasteiger partial charge in [0.25, 0.3) is 15.9 Å². The van der Waals surface area contributed by atoms with E-state index in [4.69, 9.17) is 23.7 Å². The van der Waals surface area contributed by atoms with Gasteiger partial charge in [0, 0.05) is 44.1 Å². The fraction of sp³-hybridized carbons (Fsp3) is 0.324. The first-order valence-corrected chi connectivity index (χ1v) is 18.6. The van der Waals surface area contributed by atoms with Crippen LogP contribution in [0, 0.1) is 0 Å². The van der Waals surface area contributed by atoms with Crippen molar-refractivity contribution in [1.29, 1.82) is 0 Å². The van der Waals surface area contributed by atoms with Gasteiger partial charge in [-0.1, -0.05) is 38.1 Å². The predicted molar refractivity (Wildman–Crippen MR) is 198 cm³/mol. The van der Waals surface area contributed by atoms with Crippen molar-refractivity contribution in [3.63, 3.8) is 0 Å². The second kappa shape index (κ2) is 18.1. The summed E-state index contributed by atoms with van der Waals surface area (Å²) < 4.78 is 58.4. The van der Waals surface area contributed by atoms with E-state index in [0.717, 1.165) is 5.56 Å². The van der Waals surface area contributed by atoms with Crippen LogP contribution in [0.4, 0.5) is 21.1 Å². The second-order valence-corrected chi connectivity index (χ2v) is 13.7. The Morgan fingerprint density at radius 1 is 0.852 bits per heavy atom. The third-order valence-corrected chi connectivity index (χ3v) is 9.37. The highest BCUT2D eigenvalue weighted by Crippen LogP contribution is 2.43. The van der Waals surface area contributed by atoms with Gasteiger partial charge in [-0.3, -0.25) is 14.8 Å². The van der Waals surface area contributed by atoms with Crippen LogP contribution >= 0.6 is 0 Å². The Hall–Kier alpha value is -6.10. The number of nitrogens with one attached hydrogen (secondary N) is 2. The predicted octanol–water partition coefficient (Wildman–Crippen LogP) is 5.74. The van der Waals surface area contributed by atoms with E-state index in [9.17, 15) is 22.8 Å². The molecule has 0 radical (unpaired) electrons. The van der Waals surface area contributed by atoms with Gasteiger partial charge < -0.3 is 33.5 Å². The molecule has 1 aliphatic rings. The van der Waals surface area contributed by atoms with Gasteiger partial charge >= 0.3 is 12.2 Å². The maximum Gasteiger partial charge on any atom is 0.412 e. The average molecular weight is 763 g/mol. The standard InChI is InChI=1S/C37H42N6O10S/c1-5-50-37(46)43-18-16-42(17-19-43)35(44)27-22-28(41-54(47,48)33-14-13-26(24-39-33)25(2)3)34(53-30-11-7-6-10-29(30)49-4)31(23-27)51-20-21-52-36(45)40-32-12-8-9-15-38-32/h6-15,22-25,41H,5,16-21H2,1-4H3,(H,38,40,45). The summed E-state index contributed by atoms with van der Waals surface area (Å²) in [4.78, 5) is 49.9. The Balaban J connectivity index is 1.49. The summed E-state index contributed by atoms with van der Waals surface area (Å²) >= 11 is 0. The number of hydrogen-bond donors (Lipinski definition) is 2. The Morgan fingerprint density at radius 2 is 1.57 bits per heavy atom. The third kappa shape index (κ3) is 10.1. The summed E-state index contributed by atoms with van der Waals surface area (Å²) in [5.41, 5.74) is 0.753. The molecule has 2 aromatic carbocycles. The Morgan fingerprint density at radius 3 is 2.22 bits per heavy atom. The van der Waals surface area contributed by atoms with Gasteiger partial charge in [-0.2, -0.15) is 8.42 Å². The van der Waals surface area contributed by atoms with Gasteiger partial charge in [0.15, 0.2) is 28.0 Å². The molecule has 17 heteroatoms. The molecule has 0 saturated carbocycles. The number of carbonyl (C=O) groups excluding carboxylic acids is 3. The van der Waals surface area contributed by atoms with Crippen LogP contribution in [0.2, 0.25) is 0 Å². The molecule has 1 saturated heterocycles. The Labute approximate surface area is 313 Å². The number of anilines is 2. The minimum Gasteiger partial charge on any atom is -0.493 e. The molecular formula is C37H42N6O10S. The Bertz CT molecular complexity index is 2020. The van der Waals surface area contributed by atoms with Crippen LogP contribution in [0.25, 0.3) is 0 Å². The molecule has 0 aliphatic carbocycles. The van der Waals surface area contributed by atoms with Crippen LogP contribution in [-0.2, 0) is 19.5 Å². The summed E-state index contributed by atoms with van der Waals surface area (Å²) in [6, 6.07) is 17.5. The van der Waals surface area contributed by atoms with Crippen LogP contribution in [0.15, 0.2) is 84.1 Å². The number of methoxy groups -OCH3 is 1. The lowest BCUT2D eigenvalue weighted by atomic mass is 10.1. The average Bonchev–Trinajstić information content (AvgIpc) is 3.17. The van der Waals surface area contributed by atoms with Gasteiger partial charge in [-0.15, -0.1) is 0 Å². The van der Waals surface area contributed by atoms with E-state index in [2.05, 4.69) is 20.0 Å². The summed E-state index contributed by atoms with van der Waals surface area (Å²) in [6.45, 7) is 6.25. The van der Waals surface area contributed by atoms with Crippen LogP contribution in [-0.4, -0.2) is 99.4 Å². The van der Waals surface area contributed by atoms with Crippen molar-refractivity contribution in [2.45, 2.75) is 31.7 Å². The molecule has 1 fully saturated rings. The van der Waals surface area contributed by atoms with Gasteiger partial charge in [-0.05, 0) is 60.9 Å². The van der Waals surface area contributed by atoms with Crippen molar-refractivity contribution in [2.75, 3.05) is 63.1 Å². The number of piperazine rings is 1. The first-order valence-electron chi connectivity index (χ1n) is 17.1. The number of pyridine rings is 2. The molecule has 3 amide bonds. The summed E-state index contributed by atoms with van der Waals surface area (Å²) in [6.07, 6.45) is 1.75. The number of ether oxygens (including phenoxy) is 5. The second-order valence-electron chi connectivity index (χ2n) is 12.1. The lowest BCUT2D eigenvalue weighted by molar-refractivity contribution is 0.0570. The fourth-order valence-electron chi connectivity index (χ4n) is 5.27. The minimum absolute atomic E-state index is 0.0496. The van der Waals surface area contributed by atoms with Gasteiger partial charge in [0.05, 0.1) is 19.4 Å². The van der Waals surface area contributed by atoms with E-state index < -0.39 is 28.1 Å². The fourth-order valence-corrected chi connectivity index (χ4v) is 6.25. The maximum absolute atomic E-state index is 14.0. The number of amides is 3. The van der Waals surface area contributed by atoms with Crippen molar-refractivity contribution < 1.29 is 46.5 Å². The molecule has 4 aromatic rings. The zero-order valence-electron chi connectivity index (χ0n) is 30.3. The van der Waals surface area contributed by atoms with E-state index in [1.165, 1.54) is 47.5 Å². The number of carbonyl (C=O) groups is 3. The van der Waals surface area contributed by atoms with Crippen LogP contribution < -0.4 is 24.2 Å². The monoisotopic (exact) mass is 762 g/mol. The molecule has 0 atom stereocenters. The molecule has 0 unspecified atom stereocenters. The topological polar surface area (TPSA) is 188 Å². The third-order valence-electron chi connectivity index (χ3n) is 8.09. The van der Waals surface area contributed by atoms with Gasteiger partial charge in [-0.25, -0.2) is 19.6 Å². The van der Waals surface area contributed by atoms with Gasteiger partial charge in [0.1, 0.15) is 19.0 Å². The summed E-state index contributed by atoms with van der Waals surface area (Å²) in [7, 11) is -2.90. The van der Waals surface area contributed by atoms with E-state index in [-0.39, 0.29) is 91.3 Å². The highest BCUT2D eigenvalue weighted by molar-refractivity contribution is 7.92. The smallest absolute Gasteiger partial charge is 0.412 e. The largest absolute Gasteiger partial charge is 0.493 e. The van der Waals surface area contributed by atoms with E-state index >= 15 is 0 Å². The van der Waals surface area contributed by atoms with Crippen molar-refractivity contribution in [3.05, 3.63) is 90.3 Å². The van der Waals surface area contributed by atoms with E-state index in [1.807, 2.05) is 13.8 Å². The molecule has 5 rings (SSSR count). The van der Waals surface area contributed by atoms with Crippen molar-refractivity contribution >= 4 is 39.6 Å². The molecule has 3 heterocycles. The van der Waals surface area contributed by atoms with Crippen LogP contribution in [0.5, 0.6) is 23.0 Å². The number of nitrogens with zero attached hydrogens (tertiary/aromatic N) is 4.